The van der Waals surface area contributed by atoms with Crippen molar-refractivity contribution in [1.29, 1.82) is 0 Å². The second kappa shape index (κ2) is 14.3. The predicted octanol–water partition coefficient (Wildman–Crippen LogP) is 16.9. The summed E-state index contributed by atoms with van der Waals surface area (Å²) >= 11 is 0. The molecule has 11 aromatic rings. The zero-order chi connectivity index (χ0) is 45.3. The Balaban J connectivity index is 1.03. The number of hydrogen-bond acceptors (Lipinski definition) is 3. The Morgan fingerprint density at radius 1 is 0.275 bits per heavy atom. The minimum absolute atomic E-state index is 0.569. The van der Waals surface area contributed by atoms with E-state index < -0.39 is 10.8 Å². The first-order valence-corrected chi connectivity index (χ1v) is 23.8. The Labute approximate surface area is 400 Å². The van der Waals surface area contributed by atoms with Crippen molar-refractivity contribution in [3.63, 3.8) is 0 Å². The molecule has 2 heterocycles. The topological polar surface area (TPSA) is 21.7 Å². The lowest BCUT2D eigenvalue weighted by Crippen LogP contribution is -2.32. The lowest BCUT2D eigenvalue weighted by Gasteiger charge is -2.40. The molecule has 0 bridgehead atoms. The third-order valence-corrected chi connectivity index (χ3v) is 15.4. The van der Waals surface area contributed by atoms with Crippen LogP contribution in [0.1, 0.15) is 44.5 Å². The molecule has 15 rings (SSSR count). The fourth-order valence-electron chi connectivity index (χ4n) is 12.8. The zero-order valence-electron chi connectivity index (χ0n) is 37.4. The molecule has 4 aliphatic rings. The van der Waals surface area contributed by atoms with Gasteiger partial charge in [-0.3, -0.25) is 0 Å². The molecule has 69 heavy (non-hydrogen) atoms. The molecule has 2 spiro atoms. The molecule has 0 radical (unpaired) electrons. The van der Waals surface area contributed by atoms with E-state index in [0.29, 0.717) is 0 Å². The van der Waals surface area contributed by atoms with Crippen LogP contribution in [0.25, 0.3) is 44.2 Å². The summed E-state index contributed by atoms with van der Waals surface area (Å²) in [4.78, 5) is 2.51. The van der Waals surface area contributed by atoms with Gasteiger partial charge in [0.2, 0.25) is 0 Å². The quantitative estimate of drug-likeness (QED) is 0.176. The molecule has 0 saturated carbocycles. The van der Waals surface area contributed by atoms with Crippen LogP contribution in [0.5, 0.6) is 23.0 Å². The monoisotopic (exact) mass is 879 g/mol. The van der Waals surface area contributed by atoms with E-state index in [0.717, 1.165) is 73.4 Å². The molecule has 11 aromatic carbocycles. The van der Waals surface area contributed by atoms with Crippen molar-refractivity contribution in [3.05, 3.63) is 293 Å². The van der Waals surface area contributed by atoms with Crippen molar-refractivity contribution in [2.24, 2.45) is 0 Å². The summed E-state index contributed by atoms with van der Waals surface area (Å²) in [6, 6.07) is 91.0. The van der Waals surface area contributed by atoms with Gasteiger partial charge in [-0.2, -0.15) is 0 Å². The average molecular weight is 880 g/mol. The molecular weight excluding hydrogens is 839 g/mol. The fraction of sp³-hybridized carbons (Fsp3) is 0.0303. The van der Waals surface area contributed by atoms with Crippen LogP contribution in [0.15, 0.2) is 249 Å². The Bertz CT molecular complexity index is 3850. The Morgan fingerprint density at radius 3 is 1.36 bits per heavy atom. The Kier molecular flexibility index (Phi) is 7.92. The maximum absolute atomic E-state index is 6.75. The molecule has 0 aromatic heterocycles. The number of benzene rings is 11. The van der Waals surface area contributed by atoms with Crippen LogP contribution in [-0.4, -0.2) is 0 Å². The number of anilines is 3. The molecule has 322 valence electrons. The van der Waals surface area contributed by atoms with Crippen molar-refractivity contribution in [3.8, 4) is 56.4 Å². The van der Waals surface area contributed by atoms with Gasteiger partial charge in [-0.15, -0.1) is 0 Å². The summed E-state index contributed by atoms with van der Waals surface area (Å²) in [6.45, 7) is 0. The molecule has 0 saturated heterocycles. The van der Waals surface area contributed by atoms with E-state index in [2.05, 4.69) is 254 Å². The summed E-state index contributed by atoms with van der Waals surface area (Å²) in [5, 5.41) is 2.37. The molecule has 2 aliphatic carbocycles. The summed E-state index contributed by atoms with van der Waals surface area (Å²) in [5.74, 6) is 3.54. The van der Waals surface area contributed by atoms with Gasteiger partial charge in [0.1, 0.15) is 23.0 Å². The molecule has 0 atom stereocenters. The maximum Gasteiger partial charge on any atom is 0.132 e. The molecule has 0 unspecified atom stereocenters. The van der Waals surface area contributed by atoms with E-state index in [-0.39, 0.29) is 0 Å². The second-order valence-corrected chi connectivity index (χ2v) is 18.6. The van der Waals surface area contributed by atoms with Crippen molar-refractivity contribution in [2.45, 2.75) is 10.8 Å². The van der Waals surface area contributed by atoms with Gasteiger partial charge in [0.25, 0.3) is 0 Å². The minimum atomic E-state index is -0.619. The van der Waals surface area contributed by atoms with E-state index >= 15 is 0 Å². The van der Waals surface area contributed by atoms with E-state index in [1.54, 1.807) is 0 Å². The molecule has 3 heteroatoms. The smallest absolute Gasteiger partial charge is 0.132 e. The molecule has 0 fully saturated rings. The number of fused-ring (bicyclic) bond motifs is 20. The highest BCUT2D eigenvalue weighted by atomic mass is 16.5. The summed E-state index contributed by atoms with van der Waals surface area (Å²) < 4.78 is 13.4. The highest BCUT2D eigenvalue weighted by molar-refractivity contribution is 6.11. The standard InChI is InChI=1S/C66H41NO2/c1-2-19-42(20-3-1)44-21-6-13-31-58(44)67(43-37-38-46-45-22-4-7-25-50(45)66(57(46)41-43)54-29-11-16-35-62(54)69-63-36-17-12-30-55(63)66)59-32-18-24-48-47(59)39-40-56-64(48)49-23-5-8-26-51(49)65(56)52-27-9-14-33-60(52)68-61-34-15-10-28-53(61)65/h1-41H. The van der Waals surface area contributed by atoms with Gasteiger partial charge >= 0.3 is 0 Å². The molecule has 0 amide bonds. The van der Waals surface area contributed by atoms with Crippen molar-refractivity contribution in [1.82, 2.24) is 0 Å². The lowest BCUT2D eigenvalue weighted by molar-refractivity contribution is 0.436. The van der Waals surface area contributed by atoms with Crippen LogP contribution >= 0.6 is 0 Å². The van der Waals surface area contributed by atoms with E-state index in [9.17, 15) is 0 Å². The predicted molar refractivity (Wildman–Crippen MR) is 279 cm³/mol. The first-order chi connectivity index (χ1) is 34.2. The highest BCUT2D eigenvalue weighted by Crippen LogP contribution is 2.65. The van der Waals surface area contributed by atoms with Gasteiger partial charge in [0.05, 0.1) is 22.2 Å². The number of nitrogens with zero attached hydrogens (tertiary/aromatic N) is 1. The third kappa shape index (κ3) is 5.01. The van der Waals surface area contributed by atoms with Crippen LogP contribution in [0.4, 0.5) is 17.1 Å². The van der Waals surface area contributed by atoms with Gasteiger partial charge in [0, 0.05) is 38.9 Å². The van der Waals surface area contributed by atoms with E-state index in [1.165, 1.54) is 55.3 Å². The van der Waals surface area contributed by atoms with Crippen LogP contribution < -0.4 is 14.4 Å². The normalized spacial score (nSPS) is 14.3. The molecular formula is C66H41NO2. The van der Waals surface area contributed by atoms with Crippen LogP contribution in [0.2, 0.25) is 0 Å². The first kappa shape index (κ1) is 38.2. The molecule has 0 N–H and O–H groups in total. The maximum atomic E-state index is 6.75. The van der Waals surface area contributed by atoms with Gasteiger partial charge in [0.15, 0.2) is 0 Å². The van der Waals surface area contributed by atoms with Gasteiger partial charge in [-0.1, -0.05) is 200 Å². The van der Waals surface area contributed by atoms with E-state index in [1.807, 2.05) is 0 Å². The minimum Gasteiger partial charge on any atom is -0.457 e. The van der Waals surface area contributed by atoms with Crippen molar-refractivity contribution < 1.29 is 9.47 Å². The molecule has 2 aliphatic heterocycles. The third-order valence-electron chi connectivity index (χ3n) is 15.4. The first-order valence-electron chi connectivity index (χ1n) is 23.8. The van der Waals surface area contributed by atoms with Crippen molar-refractivity contribution >= 4 is 27.8 Å². The van der Waals surface area contributed by atoms with Gasteiger partial charge in [-0.05, 0) is 104 Å². The molecule has 3 nitrogen and oxygen atoms in total. The second-order valence-electron chi connectivity index (χ2n) is 18.6. The van der Waals surface area contributed by atoms with E-state index in [4.69, 9.17) is 9.47 Å². The number of para-hydroxylation sites is 5. The van der Waals surface area contributed by atoms with Crippen LogP contribution in [0, 0.1) is 0 Å². The summed E-state index contributed by atoms with van der Waals surface area (Å²) in [7, 11) is 0. The van der Waals surface area contributed by atoms with Gasteiger partial charge in [-0.25, -0.2) is 0 Å². The van der Waals surface area contributed by atoms with Crippen LogP contribution in [-0.2, 0) is 10.8 Å². The lowest BCUT2D eigenvalue weighted by atomic mass is 9.66. The van der Waals surface area contributed by atoms with Crippen LogP contribution in [0.3, 0.4) is 0 Å². The zero-order valence-corrected chi connectivity index (χ0v) is 37.4. The van der Waals surface area contributed by atoms with Gasteiger partial charge < -0.3 is 14.4 Å². The number of rotatable bonds is 4. The number of ether oxygens (including phenoxy) is 2. The summed E-state index contributed by atoms with van der Waals surface area (Å²) in [6.07, 6.45) is 0. The Hall–Kier alpha value is -8.92. The average Bonchev–Trinajstić information content (AvgIpc) is 3.87. The number of hydrogen-bond donors (Lipinski definition) is 0. The fourth-order valence-corrected chi connectivity index (χ4v) is 12.8. The largest absolute Gasteiger partial charge is 0.457 e. The van der Waals surface area contributed by atoms with Crippen molar-refractivity contribution in [2.75, 3.05) is 4.90 Å². The SMILES string of the molecule is c1ccc(-c2ccccc2N(c2ccc3c(c2)C2(c4ccccc4Oc4ccccc42)c2ccccc2-3)c2cccc3c4c(ccc23)C2(c3ccccc3Oc3ccccc32)c2ccccc2-4)cc1. The highest BCUT2D eigenvalue weighted by Gasteiger charge is 2.53. The Morgan fingerprint density at radius 2 is 0.739 bits per heavy atom. The summed E-state index contributed by atoms with van der Waals surface area (Å²) in [5.41, 5.74) is 19.0.